The minimum atomic E-state index is -2.83. The number of benzene rings is 1. The summed E-state index contributed by atoms with van der Waals surface area (Å²) in [6.07, 6.45) is 2.02. The molecule has 0 spiro atoms. The first-order chi connectivity index (χ1) is 10.9. The van der Waals surface area contributed by atoms with Crippen molar-refractivity contribution in [3.63, 3.8) is 0 Å². The highest BCUT2D eigenvalue weighted by Crippen LogP contribution is 2.15. The fraction of sp³-hybridized carbons (Fsp3) is 0.647. The van der Waals surface area contributed by atoms with E-state index in [1.54, 1.807) is 0 Å². The van der Waals surface area contributed by atoms with Crippen LogP contribution in [0.4, 0.5) is 5.69 Å². The lowest BCUT2D eigenvalue weighted by atomic mass is 10.2. The Morgan fingerprint density at radius 1 is 1.04 bits per heavy atom. The molecule has 0 radical (unpaired) electrons. The van der Waals surface area contributed by atoms with Gasteiger partial charge in [-0.3, -0.25) is 4.90 Å². The van der Waals surface area contributed by atoms with Gasteiger partial charge in [0.1, 0.15) is 9.84 Å². The molecule has 2 rings (SSSR count). The van der Waals surface area contributed by atoms with Gasteiger partial charge in [0.05, 0.1) is 5.75 Å². The van der Waals surface area contributed by atoms with Crippen LogP contribution >= 0.6 is 0 Å². The first-order valence-electron chi connectivity index (χ1n) is 8.33. The highest BCUT2D eigenvalue weighted by Gasteiger charge is 2.17. The number of hydrogen-bond donors (Lipinski definition) is 0. The zero-order chi connectivity index (χ0) is 16.7. The number of rotatable bonds is 8. The first kappa shape index (κ1) is 18.2. The maximum absolute atomic E-state index is 11.1. The highest BCUT2D eigenvalue weighted by molar-refractivity contribution is 7.90. The number of sulfone groups is 1. The summed E-state index contributed by atoms with van der Waals surface area (Å²) in [6, 6.07) is 10.6. The standard InChI is InChI=1S/C17H29N3O2S/c1-18(9-6-16-23(2,21)22)10-11-19-12-14-20(15-13-19)17-7-4-3-5-8-17/h3-5,7-8H,6,9-16H2,1-2H3. The van der Waals surface area contributed by atoms with E-state index in [-0.39, 0.29) is 5.75 Å². The van der Waals surface area contributed by atoms with Crippen LogP contribution in [0.3, 0.4) is 0 Å². The quantitative estimate of drug-likeness (QED) is 0.711. The van der Waals surface area contributed by atoms with E-state index in [9.17, 15) is 8.42 Å². The first-order valence-corrected chi connectivity index (χ1v) is 10.4. The molecule has 0 aromatic heterocycles. The maximum atomic E-state index is 11.1. The number of para-hydroxylation sites is 1. The molecule has 0 atom stereocenters. The average molecular weight is 340 g/mol. The van der Waals surface area contributed by atoms with E-state index >= 15 is 0 Å². The van der Waals surface area contributed by atoms with Crippen molar-refractivity contribution in [3.05, 3.63) is 30.3 Å². The van der Waals surface area contributed by atoms with Crippen molar-refractivity contribution in [1.29, 1.82) is 0 Å². The summed E-state index contributed by atoms with van der Waals surface area (Å²) in [4.78, 5) is 7.16. The van der Waals surface area contributed by atoms with E-state index in [0.717, 1.165) is 52.2 Å². The minimum Gasteiger partial charge on any atom is -0.369 e. The SMILES string of the molecule is CN(CCCS(C)(=O)=O)CCN1CCN(c2ccccc2)CC1. The van der Waals surface area contributed by atoms with Gasteiger partial charge in [0.25, 0.3) is 0 Å². The van der Waals surface area contributed by atoms with E-state index in [1.807, 2.05) is 0 Å². The lowest BCUT2D eigenvalue weighted by Crippen LogP contribution is -2.48. The molecule has 1 fully saturated rings. The Morgan fingerprint density at radius 2 is 1.70 bits per heavy atom. The van der Waals surface area contributed by atoms with Gasteiger partial charge in [0.2, 0.25) is 0 Å². The Labute approximate surface area is 140 Å². The molecule has 1 saturated heterocycles. The van der Waals surface area contributed by atoms with Gasteiger partial charge in [-0.25, -0.2) is 8.42 Å². The summed E-state index contributed by atoms with van der Waals surface area (Å²) in [7, 11) is -0.758. The van der Waals surface area contributed by atoms with Crippen LogP contribution in [0.2, 0.25) is 0 Å². The zero-order valence-electron chi connectivity index (χ0n) is 14.3. The van der Waals surface area contributed by atoms with Crippen LogP contribution in [-0.2, 0) is 9.84 Å². The van der Waals surface area contributed by atoms with Gasteiger partial charge in [0, 0.05) is 51.2 Å². The van der Waals surface area contributed by atoms with Crippen LogP contribution in [0.15, 0.2) is 30.3 Å². The van der Waals surface area contributed by atoms with E-state index < -0.39 is 9.84 Å². The Bertz CT molecular complexity index is 554. The molecule has 5 nitrogen and oxygen atoms in total. The molecule has 1 aromatic rings. The summed E-state index contributed by atoms with van der Waals surface area (Å²) >= 11 is 0. The number of anilines is 1. The summed E-state index contributed by atoms with van der Waals surface area (Å²) in [5.41, 5.74) is 1.31. The lowest BCUT2D eigenvalue weighted by molar-refractivity contribution is 0.216. The van der Waals surface area contributed by atoms with Crippen LogP contribution in [0.1, 0.15) is 6.42 Å². The molecular weight excluding hydrogens is 310 g/mol. The molecule has 6 heteroatoms. The fourth-order valence-corrected chi connectivity index (χ4v) is 3.54. The monoisotopic (exact) mass is 339 g/mol. The second-order valence-corrected chi connectivity index (χ2v) is 8.71. The van der Waals surface area contributed by atoms with Gasteiger partial charge < -0.3 is 9.80 Å². The maximum Gasteiger partial charge on any atom is 0.147 e. The summed E-state index contributed by atoms with van der Waals surface area (Å²) in [5, 5.41) is 0. The van der Waals surface area contributed by atoms with Gasteiger partial charge in [0.15, 0.2) is 0 Å². The van der Waals surface area contributed by atoms with Crippen molar-refractivity contribution in [2.45, 2.75) is 6.42 Å². The Kier molecular flexibility index (Phi) is 6.87. The van der Waals surface area contributed by atoms with Gasteiger partial charge >= 0.3 is 0 Å². The van der Waals surface area contributed by atoms with E-state index in [2.05, 4.69) is 52.1 Å². The van der Waals surface area contributed by atoms with Gasteiger partial charge in [-0.2, -0.15) is 0 Å². The molecule has 1 aromatic carbocycles. The number of nitrogens with zero attached hydrogens (tertiary/aromatic N) is 3. The summed E-state index contributed by atoms with van der Waals surface area (Å²) in [5.74, 6) is 0.285. The number of piperazine rings is 1. The van der Waals surface area contributed by atoms with Crippen molar-refractivity contribution < 1.29 is 8.42 Å². The van der Waals surface area contributed by atoms with Crippen molar-refractivity contribution in [2.75, 3.05) is 69.8 Å². The summed E-state index contributed by atoms with van der Waals surface area (Å²) < 4.78 is 22.3. The molecule has 1 aliphatic rings. The Hall–Kier alpha value is -1.11. The van der Waals surface area contributed by atoms with Crippen molar-refractivity contribution in [2.24, 2.45) is 0 Å². The molecule has 0 bridgehead atoms. The minimum absolute atomic E-state index is 0.285. The van der Waals surface area contributed by atoms with Crippen LogP contribution in [0, 0.1) is 0 Å². The molecule has 1 heterocycles. The number of likely N-dealkylation sites (N-methyl/N-ethyl adjacent to an activating group) is 1. The van der Waals surface area contributed by atoms with Crippen LogP contribution < -0.4 is 4.90 Å². The van der Waals surface area contributed by atoms with Crippen molar-refractivity contribution in [1.82, 2.24) is 9.80 Å². The lowest BCUT2D eigenvalue weighted by Gasteiger charge is -2.36. The molecule has 1 aliphatic heterocycles. The van der Waals surface area contributed by atoms with Crippen molar-refractivity contribution in [3.8, 4) is 0 Å². The van der Waals surface area contributed by atoms with Crippen LogP contribution in [0.25, 0.3) is 0 Å². The number of hydrogen-bond acceptors (Lipinski definition) is 5. The Balaban J connectivity index is 1.63. The predicted molar refractivity (Wildman–Crippen MR) is 96.9 cm³/mol. The topological polar surface area (TPSA) is 43.9 Å². The Morgan fingerprint density at radius 3 is 2.30 bits per heavy atom. The third kappa shape index (κ3) is 6.89. The molecule has 0 unspecified atom stereocenters. The second kappa shape index (κ2) is 8.66. The second-order valence-electron chi connectivity index (χ2n) is 6.45. The van der Waals surface area contributed by atoms with E-state index in [4.69, 9.17) is 0 Å². The largest absolute Gasteiger partial charge is 0.369 e. The molecule has 0 N–H and O–H groups in total. The third-order valence-corrected chi connectivity index (χ3v) is 5.38. The average Bonchev–Trinajstić information content (AvgIpc) is 2.53. The molecule has 0 amide bonds. The normalized spacial score (nSPS) is 16.9. The molecule has 130 valence electrons. The van der Waals surface area contributed by atoms with E-state index in [0.29, 0.717) is 0 Å². The molecular formula is C17H29N3O2S. The fourth-order valence-electron chi connectivity index (χ4n) is 2.89. The highest BCUT2D eigenvalue weighted by atomic mass is 32.2. The summed E-state index contributed by atoms with van der Waals surface area (Å²) in [6.45, 7) is 7.21. The van der Waals surface area contributed by atoms with Crippen LogP contribution in [0.5, 0.6) is 0 Å². The third-order valence-electron chi connectivity index (χ3n) is 4.35. The van der Waals surface area contributed by atoms with Crippen LogP contribution in [-0.4, -0.2) is 83.1 Å². The van der Waals surface area contributed by atoms with Gasteiger partial charge in [-0.1, -0.05) is 18.2 Å². The van der Waals surface area contributed by atoms with E-state index in [1.165, 1.54) is 11.9 Å². The van der Waals surface area contributed by atoms with Crippen molar-refractivity contribution >= 4 is 15.5 Å². The zero-order valence-corrected chi connectivity index (χ0v) is 15.1. The van der Waals surface area contributed by atoms with Gasteiger partial charge in [-0.15, -0.1) is 0 Å². The molecule has 23 heavy (non-hydrogen) atoms. The molecule has 0 saturated carbocycles. The smallest absolute Gasteiger partial charge is 0.147 e. The molecule has 0 aliphatic carbocycles. The van der Waals surface area contributed by atoms with Gasteiger partial charge in [-0.05, 0) is 32.1 Å². The predicted octanol–water partition coefficient (Wildman–Crippen LogP) is 1.18.